The van der Waals surface area contributed by atoms with E-state index in [4.69, 9.17) is 5.11 Å². The van der Waals surface area contributed by atoms with Crippen LogP contribution in [0.4, 0.5) is 0 Å². The zero-order chi connectivity index (χ0) is 9.84. The highest BCUT2D eigenvalue weighted by molar-refractivity contribution is 9.10. The smallest absolute Gasteiger partial charge is 0.316 e. The van der Waals surface area contributed by atoms with Gasteiger partial charge in [0, 0.05) is 9.37 Å². The normalized spacial score (nSPS) is 12.4. The van der Waals surface area contributed by atoms with Crippen molar-refractivity contribution in [1.82, 2.24) is 0 Å². The number of carboxylic acid groups (broad SMARTS) is 1. The number of rotatable bonds is 3. The number of carbonyl (C=O) groups is 1. The molecule has 5 heteroatoms. The van der Waals surface area contributed by atoms with Gasteiger partial charge in [-0.1, -0.05) is 15.9 Å². The average molecular weight is 263 g/mol. The van der Waals surface area contributed by atoms with Gasteiger partial charge in [0.2, 0.25) is 0 Å². The summed E-state index contributed by atoms with van der Waals surface area (Å²) >= 11 is 3.23. The molecule has 0 aromatic heterocycles. The number of carboxylic acids is 1. The molecule has 1 aromatic rings. The van der Waals surface area contributed by atoms with E-state index >= 15 is 0 Å². The molecule has 0 amide bonds. The van der Waals surface area contributed by atoms with Gasteiger partial charge in [-0.25, -0.2) is 0 Å². The van der Waals surface area contributed by atoms with Gasteiger partial charge in [0.25, 0.3) is 0 Å². The van der Waals surface area contributed by atoms with Crippen LogP contribution in [0.5, 0.6) is 0 Å². The Balaban J connectivity index is 2.78. The third kappa shape index (κ3) is 3.28. The van der Waals surface area contributed by atoms with Gasteiger partial charge in [0.05, 0.1) is 10.8 Å². The van der Waals surface area contributed by atoms with E-state index in [1.165, 1.54) is 0 Å². The fraction of sp³-hybridized carbons (Fsp3) is 0.125. The molecular formula is C8H7BrO3S. The number of aliphatic carboxylic acids is 1. The summed E-state index contributed by atoms with van der Waals surface area (Å²) in [5.74, 6) is -1.40. The second kappa shape index (κ2) is 4.53. The van der Waals surface area contributed by atoms with Crippen LogP contribution in [-0.4, -0.2) is 21.0 Å². The van der Waals surface area contributed by atoms with Gasteiger partial charge in [0.1, 0.15) is 5.75 Å². The number of hydrogen-bond acceptors (Lipinski definition) is 2. The molecule has 0 aliphatic carbocycles. The van der Waals surface area contributed by atoms with Gasteiger partial charge in [-0.15, -0.1) is 0 Å². The van der Waals surface area contributed by atoms with Gasteiger partial charge < -0.3 is 5.11 Å². The number of halogens is 1. The van der Waals surface area contributed by atoms with Gasteiger partial charge in [-0.2, -0.15) is 0 Å². The third-order valence-electron chi connectivity index (χ3n) is 1.33. The monoisotopic (exact) mass is 262 g/mol. The predicted octanol–water partition coefficient (Wildman–Crippen LogP) is 1.64. The van der Waals surface area contributed by atoms with Crippen LogP contribution in [0, 0.1) is 0 Å². The van der Waals surface area contributed by atoms with Crippen LogP contribution in [0.25, 0.3) is 0 Å². The van der Waals surface area contributed by atoms with E-state index in [-0.39, 0.29) is 5.75 Å². The summed E-state index contributed by atoms with van der Waals surface area (Å²) in [6, 6.07) is 6.75. The molecule has 1 aromatic carbocycles. The second-order valence-electron chi connectivity index (χ2n) is 2.34. The fourth-order valence-electron chi connectivity index (χ4n) is 0.782. The van der Waals surface area contributed by atoms with Gasteiger partial charge in [-0.05, 0) is 24.3 Å². The maximum absolute atomic E-state index is 11.3. The predicted molar refractivity (Wildman–Crippen MR) is 53.1 cm³/mol. The van der Waals surface area contributed by atoms with Crippen molar-refractivity contribution in [2.45, 2.75) is 4.90 Å². The molecular weight excluding hydrogens is 256 g/mol. The maximum Gasteiger partial charge on any atom is 0.316 e. The Labute approximate surface area is 86.4 Å². The molecule has 0 aliphatic rings. The molecule has 0 radical (unpaired) electrons. The lowest BCUT2D eigenvalue weighted by molar-refractivity contribution is -0.133. The standard InChI is InChI=1S/C8H7BrO3S/c9-6-1-3-7(4-2-6)13(12)5-8(10)11/h1-4H,5H2,(H,10,11)/t13-/m0/s1. The van der Waals surface area contributed by atoms with E-state index in [0.717, 1.165) is 4.47 Å². The second-order valence-corrected chi connectivity index (χ2v) is 4.70. The SMILES string of the molecule is O=C(O)C[S@](=O)c1ccc(Br)cc1. The molecule has 13 heavy (non-hydrogen) atoms. The number of hydrogen-bond donors (Lipinski definition) is 1. The van der Waals surface area contributed by atoms with Crippen molar-refractivity contribution in [3.63, 3.8) is 0 Å². The summed E-state index contributed by atoms with van der Waals surface area (Å²) in [6.45, 7) is 0. The molecule has 0 fully saturated rings. The van der Waals surface area contributed by atoms with Crippen molar-refractivity contribution in [3.8, 4) is 0 Å². The van der Waals surface area contributed by atoms with E-state index in [2.05, 4.69) is 15.9 Å². The molecule has 0 saturated heterocycles. The lowest BCUT2D eigenvalue weighted by atomic mass is 10.4. The summed E-state index contributed by atoms with van der Waals surface area (Å²) in [4.78, 5) is 10.8. The molecule has 0 heterocycles. The van der Waals surface area contributed by atoms with E-state index < -0.39 is 16.8 Å². The third-order valence-corrected chi connectivity index (χ3v) is 3.17. The van der Waals surface area contributed by atoms with E-state index in [0.29, 0.717) is 4.90 Å². The van der Waals surface area contributed by atoms with Crippen LogP contribution in [-0.2, 0) is 15.6 Å². The zero-order valence-electron chi connectivity index (χ0n) is 6.57. The van der Waals surface area contributed by atoms with Crippen molar-refractivity contribution in [3.05, 3.63) is 28.7 Å². The van der Waals surface area contributed by atoms with Crippen LogP contribution < -0.4 is 0 Å². The van der Waals surface area contributed by atoms with E-state index in [1.807, 2.05) is 0 Å². The largest absolute Gasteiger partial charge is 0.481 e. The van der Waals surface area contributed by atoms with Crippen LogP contribution in [0.2, 0.25) is 0 Å². The van der Waals surface area contributed by atoms with Crippen molar-refractivity contribution >= 4 is 32.7 Å². The first-order valence-corrected chi connectivity index (χ1v) is 5.56. The molecule has 0 bridgehead atoms. The van der Waals surface area contributed by atoms with Crippen LogP contribution in [0.15, 0.2) is 33.6 Å². The molecule has 1 atom stereocenters. The Kier molecular flexibility index (Phi) is 3.62. The number of benzene rings is 1. The topological polar surface area (TPSA) is 54.4 Å². The summed E-state index contributed by atoms with van der Waals surface area (Å²) in [6.07, 6.45) is 0. The molecule has 0 spiro atoms. The highest BCUT2D eigenvalue weighted by Crippen LogP contribution is 2.13. The minimum Gasteiger partial charge on any atom is -0.481 e. The Hall–Kier alpha value is -0.680. The summed E-state index contributed by atoms with van der Waals surface area (Å²) in [5, 5.41) is 8.40. The Morgan fingerprint density at radius 2 is 1.92 bits per heavy atom. The Morgan fingerprint density at radius 3 is 2.38 bits per heavy atom. The highest BCUT2D eigenvalue weighted by atomic mass is 79.9. The molecule has 0 saturated carbocycles. The van der Waals surface area contributed by atoms with Crippen molar-refractivity contribution in [1.29, 1.82) is 0 Å². The van der Waals surface area contributed by atoms with Gasteiger partial charge >= 0.3 is 5.97 Å². The molecule has 70 valence electrons. The van der Waals surface area contributed by atoms with E-state index in [1.54, 1.807) is 24.3 Å². The van der Waals surface area contributed by atoms with Crippen molar-refractivity contribution in [2.24, 2.45) is 0 Å². The van der Waals surface area contributed by atoms with Crippen molar-refractivity contribution < 1.29 is 14.1 Å². The zero-order valence-corrected chi connectivity index (χ0v) is 8.97. The fourth-order valence-corrected chi connectivity index (χ4v) is 1.88. The Bertz CT molecular complexity index is 334. The van der Waals surface area contributed by atoms with Crippen LogP contribution >= 0.6 is 15.9 Å². The minimum atomic E-state index is -1.44. The van der Waals surface area contributed by atoms with Crippen molar-refractivity contribution in [2.75, 3.05) is 5.75 Å². The molecule has 1 N–H and O–H groups in total. The first-order valence-electron chi connectivity index (χ1n) is 3.45. The maximum atomic E-state index is 11.3. The highest BCUT2D eigenvalue weighted by Gasteiger charge is 2.07. The minimum absolute atomic E-state index is 0.346. The van der Waals surface area contributed by atoms with Gasteiger partial charge in [-0.3, -0.25) is 9.00 Å². The van der Waals surface area contributed by atoms with Gasteiger partial charge in [0.15, 0.2) is 0 Å². The van der Waals surface area contributed by atoms with E-state index in [9.17, 15) is 9.00 Å². The van der Waals surface area contributed by atoms with Crippen LogP contribution in [0.1, 0.15) is 0 Å². The molecule has 3 nitrogen and oxygen atoms in total. The van der Waals surface area contributed by atoms with Crippen LogP contribution in [0.3, 0.4) is 0 Å². The summed E-state index contributed by atoms with van der Waals surface area (Å²) in [7, 11) is -1.44. The quantitative estimate of drug-likeness (QED) is 0.901. The molecule has 0 unspecified atom stereocenters. The molecule has 1 rings (SSSR count). The Morgan fingerprint density at radius 1 is 1.38 bits per heavy atom. The summed E-state index contributed by atoms with van der Waals surface area (Å²) < 4.78 is 12.2. The lowest BCUT2D eigenvalue weighted by Gasteiger charge is -1.98. The lowest BCUT2D eigenvalue weighted by Crippen LogP contribution is -2.08. The summed E-state index contributed by atoms with van der Waals surface area (Å²) in [5.41, 5.74) is 0. The first-order chi connectivity index (χ1) is 6.09. The average Bonchev–Trinajstić information content (AvgIpc) is 2.04. The molecule has 0 aliphatic heterocycles. The first kappa shape index (κ1) is 10.4.